The first-order valence-corrected chi connectivity index (χ1v) is 23.1. The molecular formula is C64H47FN2. The van der Waals surface area contributed by atoms with Crippen LogP contribution in [0.1, 0.15) is 47.2 Å². The summed E-state index contributed by atoms with van der Waals surface area (Å²) in [4.78, 5) is 2.40. The second-order valence-corrected chi connectivity index (χ2v) is 18.2. The topological polar surface area (TPSA) is 8.17 Å². The number of nitrogens with zero attached hydrogens (tertiary/aromatic N) is 2. The molecule has 0 radical (unpaired) electrons. The molecule has 0 spiro atoms. The van der Waals surface area contributed by atoms with Gasteiger partial charge in [-0.1, -0.05) is 184 Å². The van der Waals surface area contributed by atoms with Crippen molar-refractivity contribution in [1.29, 1.82) is 0 Å². The summed E-state index contributed by atoms with van der Waals surface area (Å²) < 4.78 is 16.2. The number of para-hydroxylation sites is 1. The van der Waals surface area contributed by atoms with Crippen molar-refractivity contribution in [2.45, 2.75) is 24.7 Å². The van der Waals surface area contributed by atoms with Gasteiger partial charge in [0.25, 0.3) is 0 Å². The molecule has 10 aromatic carbocycles. The third kappa shape index (κ3) is 6.53. The minimum absolute atomic E-state index is 0.152. The summed E-state index contributed by atoms with van der Waals surface area (Å²) in [5.74, 6) is -0.243. The SMILES string of the molecule is CC1(C)c2ccccc2-c2ccc(N(c3ccc(-c4ccc5c(c4)c4ccccc4n5-c4ccc(F)cc4)cc3)c3ccc(C(c4ccccc4)(c4ccccc4)c4ccccc4)cc3)cc21. The van der Waals surface area contributed by atoms with Gasteiger partial charge in [-0.25, -0.2) is 4.39 Å². The van der Waals surface area contributed by atoms with Gasteiger partial charge < -0.3 is 9.47 Å². The number of halogens is 1. The van der Waals surface area contributed by atoms with E-state index in [0.29, 0.717) is 0 Å². The molecule has 0 atom stereocenters. The Morgan fingerprint density at radius 3 is 1.52 bits per heavy atom. The molecule has 320 valence electrons. The fraction of sp³-hybridized carbons (Fsp3) is 0.0625. The molecule has 0 saturated carbocycles. The summed E-state index contributed by atoms with van der Waals surface area (Å²) >= 11 is 0. The van der Waals surface area contributed by atoms with Gasteiger partial charge in [0.2, 0.25) is 0 Å². The highest BCUT2D eigenvalue weighted by atomic mass is 19.1. The lowest BCUT2D eigenvalue weighted by Gasteiger charge is -2.37. The third-order valence-electron chi connectivity index (χ3n) is 14.2. The fourth-order valence-electron chi connectivity index (χ4n) is 11.0. The van der Waals surface area contributed by atoms with E-state index < -0.39 is 5.41 Å². The van der Waals surface area contributed by atoms with Gasteiger partial charge in [-0.3, -0.25) is 0 Å². The van der Waals surface area contributed by atoms with E-state index in [0.717, 1.165) is 55.7 Å². The normalized spacial score (nSPS) is 12.8. The second-order valence-electron chi connectivity index (χ2n) is 18.2. The van der Waals surface area contributed by atoms with E-state index >= 15 is 0 Å². The minimum atomic E-state index is -0.551. The molecule has 1 heterocycles. The summed E-state index contributed by atoms with van der Waals surface area (Å²) in [6, 6.07) is 88.7. The van der Waals surface area contributed by atoms with Crippen LogP contribution in [-0.2, 0) is 10.8 Å². The number of benzene rings is 10. The van der Waals surface area contributed by atoms with Gasteiger partial charge in [0, 0.05) is 38.9 Å². The van der Waals surface area contributed by atoms with Crippen molar-refractivity contribution in [3.05, 3.63) is 288 Å². The van der Waals surface area contributed by atoms with Gasteiger partial charge in [-0.05, 0) is 134 Å². The first-order chi connectivity index (χ1) is 32.9. The van der Waals surface area contributed by atoms with Crippen molar-refractivity contribution in [2.75, 3.05) is 4.90 Å². The summed E-state index contributed by atoms with van der Waals surface area (Å²) in [6.07, 6.45) is 0. The molecular weight excluding hydrogens is 816 g/mol. The van der Waals surface area contributed by atoms with Gasteiger partial charge >= 0.3 is 0 Å². The van der Waals surface area contributed by atoms with Crippen LogP contribution in [0.3, 0.4) is 0 Å². The van der Waals surface area contributed by atoms with Crippen molar-refractivity contribution in [2.24, 2.45) is 0 Å². The smallest absolute Gasteiger partial charge is 0.123 e. The maximum absolute atomic E-state index is 14.0. The molecule has 0 aliphatic heterocycles. The van der Waals surface area contributed by atoms with Crippen LogP contribution >= 0.6 is 0 Å². The molecule has 0 fully saturated rings. The molecule has 11 aromatic rings. The van der Waals surface area contributed by atoms with Crippen LogP contribution < -0.4 is 4.90 Å². The zero-order valence-electron chi connectivity index (χ0n) is 37.4. The predicted octanol–water partition coefficient (Wildman–Crippen LogP) is 16.7. The molecule has 2 nitrogen and oxygen atoms in total. The Hall–Kier alpha value is -8.27. The largest absolute Gasteiger partial charge is 0.310 e. The lowest BCUT2D eigenvalue weighted by atomic mass is 9.65. The maximum atomic E-state index is 14.0. The Labute approximate surface area is 391 Å². The van der Waals surface area contributed by atoms with Crippen molar-refractivity contribution in [1.82, 2.24) is 4.57 Å². The van der Waals surface area contributed by atoms with Crippen LogP contribution in [0, 0.1) is 5.82 Å². The Morgan fingerprint density at radius 1 is 0.388 bits per heavy atom. The van der Waals surface area contributed by atoms with Gasteiger partial charge in [0.1, 0.15) is 5.82 Å². The Bertz CT molecular complexity index is 3480. The molecule has 0 N–H and O–H groups in total. The number of fused-ring (bicyclic) bond motifs is 6. The summed E-state index contributed by atoms with van der Waals surface area (Å²) in [7, 11) is 0. The fourth-order valence-corrected chi connectivity index (χ4v) is 11.0. The third-order valence-corrected chi connectivity index (χ3v) is 14.2. The van der Waals surface area contributed by atoms with E-state index in [4.69, 9.17) is 0 Å². The highest BCUT2D eigenvalue weighted by Gasteiger charge is 2.39. The first-order valence-electron chi connectivity index (χ1n) is 23.1. The standard InChI is InChI=1S/C64H47FN2/c1-63(2)59-24-14-12-22-55(59)56-40-39-54(43-60(56)63)66(52-35-29-49(30-36-52)64(46-16-6-3-7-17-46,47-18-8-4-9-19-47)48-20-10-5-11-21-48)51-33-26-44(27-34-51)45-28-41-62-58(42-45)57-23-13-15-25-61(57)67(62)53-37-31-50(65)32-38-53/h3-43H,1-2H3. The van der Waals surface area contributed by atoms with Crippen LogP contribution in [-0.4, -0.2) is 4.57 Å². The maximum Gasteiger partial charge on any atom is 0.123 e. The zero-order valence-corrected chi connectivity index (χ0v) is 37.4. The Balaban J connectivity index is 0.993. The van der Waals surface area contributed by atoms with E-state index in [1.165, 1.54) is 56.6 Å². The van der Waals surface area contributed by atoms with Gasteiger partial charge in [0.05, 0.1) is 16.4 Å². The summed E-state index contributed by atoms with van der Waals surface area (Å²) in [5, 5.41) is 2.31. The molecule has 3 heteroatoms. The van der Waals surface area contributed by atoms with Crippen LogP contribution in [0.25, 0.3) is 49.7 Å². The monoisotopic (exact) mass is 862 g/mol. The zero-order chi connectivity index (χ0) is 45.1. The Morgan fingerprint density at radius 2 is 0.881 bits per heavy atom. The second kappa shape index (κ2) is 16.0. The lowest BCUT2D eigenvalue weighted by molar-refractivity contribution is 0.627. The molecule has 0 unspecified atom stereocenters. The summed E-state index contributed by atoms with van der Waals surface area (Å²) in [6.45, 7) is 4.69. The van der Waals surface area contributed by atoms with Crippen molar-refractivity contribution >= 4 is 38.9 Å². The van der Waals surface area contributed by atoms with Crippen LogP contribution in [0.5, 0.6) is 0 Å². The number of aromatic nitrogens is 1. The molecule has 0 saturated heterocycles. The summed E-state index contributed by atoms with van der Waals surface area (Å²) in [5.41, 5.74) is 18.0. The van der Waals surface area contributed by atoms with Crippen molar-refractivity contribution < 1.29 is 4.39 Å². The van der Waals surface area contributed by atoms with E-state index in [2.05, 4.69) is 248 Å². The van der Waals surface area contributed by atoms with E-state index in [-0.39, 0.29) is 11.2 Å². The molecule has 0 amide bonds. The van der Waals surface area contributed by atoms with Gasteiger partial charge in [-0.2, -0.15) is 0 Å². The molecule has 0 bridgehead atoms. The molecule has 12 rings (SSSR count). The molecule has 67 heavy (non-hydrogen) atoms. The molecule has 1 aliphatic rings. The first kappa shape index (κ1) is 40.3. The van der Waals surface area contributed by atoms with Crippen LogP contribution in [0.15, 0.2) is 249 Å². The average Bonchev–Trinajstić information content (AvgIpc) is 3.83. The Kier molecular flexibility index (Phi) is 9.62. The predicted molar refractivity (Wildman–Crippen MR) is 277 cm³/mol. The number of rotatable bonds is 9. The highest BCUT2D eigenvalue weighted by molar-refractivity contribution is 6.10. The number of hydrogen-bond acceptors (Lipinski definition) is 1. The van der Waals surface area contributed by atoms with Gasteiger partial charge in [-0.15, -0.1) is 0 Å². The van der Waals surface area contributed by atoms with E-state index in [1.54, 1.807) is 0 Å². The highest BCUT2D eigenvalue weighted by Crippen LogP contribution is 2.51. The van der Waals surface area contributed by atoms with Crippen molar-refractivity contribution in [3.63, 3.8) is 0 Å². The van der Waals surface area contributed by atoms with E-state index in [1.807, 2.05) is 12.1 Å². The molecule has 1 aromatic heterocycles. The quantitative estimate of drug-likeness (QED) is 0.131. The lowest BCUT2D eigenvalue weighted by Crippen LogP contribution is -2.31. The van der Waals surface area contributed by atoms with Crippen molar-refractivity contribution in [3.8, 4) is 27.9 Å². The number of anilines is 3. The molecule has 1 aliphatic carbocycles. The van der Waals surface area contributed by atoms with Crippen LogP contribution in [0.4, 0.5) is 21.5 Å². The minimum Gasteiger partial charge on any atom is -0.310 e. The van der Waals surface area contributed by atoms with Gasteiger partial charge in [0.15, 0.2) is 0 Å². The van der Waals surface area contributed by atoms with E-state index in [9.17, 15) is 4.39 Å². The number of hydrogen-bond donors (Lipinski definition) is 0. The average molecular weight is 863 g/mol. The van der Waals surface area contributed by atoms with Crippen LogP contribution in [0.2, 0.25) is 0 Å².